The van der Waals surface area contributed by atoms with Gasteiger partial charge in [-0.25, -0.2) is 0 Å². The Kier molecular flexibility index (Phi) is 4.96. The molecule has 2 rings (SSSR count). The summed E-state index contributed by atoms with van der Waals surface area (Å²) >= 11 is 0. The average Bonchev–Trinajstić information content (AvgIpc) is 2.81. The minimum Gasteiger partial charge on any atom is -0.383 e. The monoisotopic (exact) mass is 290 g/mol. The van der Waals surface area contributed by atoms with Gasteiger partial charge in [0.1, 0.15) is 0 Å². The van der Waals surface area contributed by atoms with Crippen LogP contribution in [0.25, 0.3) is 0 Å². The van der Waals surface area contributed by atoms with E-state index in [1.807, 2.05) is 31.2 Å². The van der Waals surface area contributed by atoms with E-state index in [1.54, 1.807) is 19.1 Å². The fraction of sp³-hybridized carbons (Fsp3) is 0.500. The van der Waals surface area contributed by atoms with Crippen molar-refractivity contribution in [2.24, 2.45) is 5.92 Å². The number of carbonyl (C=O) groups excluding carboxylic acids is 2. The number of hydrogen-bond donors (Lipinski definition) is 1. The van der Waals surface area contributed by atoms with Gasteiger partial charge >= 0.3 is 0 Å². The number of carbonyl (C=O) groups is 2. The number of likely N-dealkylation sites (tertiary alicyclic amines) is 1. The van der Waals surface area contributed by atoms with Gasteiger partial charge in [0.05, 0.1) is 18.6 Å². The van der Waals surface area contributed by atoms with Gasteiger partial charge in [-0.05, 0) is 18.1 Å². The first-order valence-corrected chi connectivity index (χ1v) is 7.15. The van der Waals surface area contributed by atoms with Crippen LogP contribution in [0.2, 0.25) is 0 Å². The molecule has 0 radical (unpaired) electrons. The highest BCUT2D eigenvalue weighted by Gasteiger charge is 2.44. The predicted molar refractivity (Wildman–Crippen MR) is 79.7 cm³/mol. The third-order valence-corrected chi connectivity index (χ3v) is 4.06. The van der Waals surface area contributed by atoms with Crippen LogP contribution in [0.15, 0.2) is 24.3 Å². The molecule has 5 nitrogen and oxygen atoms in total. The summed E-state index contributed by atoms with van der Waals surface area (Å²) in [6, 6.07) is 7.70. The van der Waals surface area contributed by atoms with Crippen molar-refractivity contribution in [3.05, 3.63) is 35.4 Å². The molecule has 1 aromatic rings. The maximum atomic E-state index is 12.3. The first-order valence-electron chi connectivity index (χ1n) is 7.15. The summed E-state index contributed by atoms with van der Waals surface area (Å²) in [6.45, 7) is 2.98. The van der Waals surface area contributed by atoms with Crippen LogP contribution in [0.1, 0.15) is 23.6 Å². The molecule has 1 aliphatic heterocycles. The summed E-state index contributed by atoms with van der Waals surface area (Å²) in [5.41, 5.74) is 2.13. The molecule has 21 heavy (non-hydrogen) atoms. The molecule has 5 heteroatoms. The van der Waals surface area contributed by atoms with Crippen molar-refractivity contribution in [2.75, 3.05) is 27.3 Å². The summed E-state index contributed by atoms with van der Waals surface area (Å²) in [5, 5.41) is 2.67. The quantitative estimate of drug-likeness (QED) is 0.888. The first-order chi connectivity index (χ1) is 10.1. The minimum absolute atomic E-state index is 0.00824. The SMILES string of the molecule is CNC(=O)[C@@H]1CC(=O)N(CCOC)[C@H]1c1ccccc1C. The molecule has 2 amide bonds. The smallest absolute Gasteiger partial charge is 0.225 e. The molecule has 1 heterocycles. The molecule has 1 fully saturated rings. The third kappa shape index (κ3) is 3.08. The Morgan fingerprint density at radius 2 is 2.14 bits per heavy atom. The Morgan fingerprint density at radius 1 is 1.43 bits per heavy atom. The van der Waals surface area contributed by atoms with E-state index in [4.69, 9.17) is 4.74 Å². The Labute approximate surface area is 125 Å². The lowest BCUT2D eigenvalue weighted by molar-refractivity contribution is -0.129. The molecule has 0 spiro atoms. The van der Waals surface area contributed by atoms with Gasteiger partial charge in [0.2, 0.25) is 11.8 Å². The molecule has 2 atom stereocenters. The second-order valence-electron chi connectivity index (χ2n) is 5.31. The largest absolute Gasteiger partial charge is 0.383 e. The topological polar surface area (TPSA) is 58.6 Å². The lowest BCUT2D eigenvalue weighted by Gasteiger charge is -2.29. The lowest BCUT2D eigenvalue weighted by Crippen LogP contribution is -2.36. The Morgan fingerprint density at radius 3 is 2.76 bits per heavy atom. The molecular formula is C16H22N2O3. The maximum Gasteiger partial charge on any atom is 0.225 e. The van der Waals surface area contributed by atoms with Crippen molar-refractivity contribution >= 4 is 11.8 Å². The highest BCUT2D eigenvalue weighted by atomic mass is 16.5. The number of benzene rings is 1. The number of nitrogens with zero attached hydrogens (tertiary/aromatic N) is 1. The molecule has 0 aliphatic carbocycles. The zero-order valence-electron chi connectivity index (χ0n) is 12.8. The fourth-order valence-corrected chi connectivity index (χ4v) is 2.97. The summed E-state index contributed by atoms with van der Waals surface area (Å²) in [4.78, 5) is 26.2. The highest BCUT2D eigenvalue weighted by molar-refractivity contribution is 5.90. The number of ether oxygens (including phenoxy) is 1. The third-order valence-electron chi connectivity index (χ3n) is 4.06. The van der Waals surface area contributed by atoms with E-state index < -0.39 is 0 Å². The number of aryl methyl sites for hydroxylation is 1. The molecule has 1 N–H and O–H groups in total. The van der Waals surface area contributed by atoms with E-state index in [0.717, 1.165) is 11.1 Å². The number of hydrogen-bond acceptors (Lipinski definition) is 3. The second-order valence-corrected chi connectivity index (χ2v) is 5.31. The Bertz CT molecular complexity index is 530. The number of amides is 2. The van der Waals surface area contributed by atoms with Crippen LogP contribution in [0.3, 0.4) is 0 Å². The average molecular weight is 290 g/mol. The Hall–Kier alpha value is -1.88. The van der Waals surface area contributed by atoms with Gasteiger partial charge in [0.25, 0.3) is 0 Å². The molecule has 0 saturated carbocycles. The van der Waals surface area contributed by atoms with Crippen molar-refractivity contribution < 1.29 is 14.3 Å². The standard InChI is InChI=1S/C16H22N2O3/c1-11-6-4-5-7-12(11)15-13(16(20)17-2)10-14(19)18(15)8-9-21-3/h4-7,13,15H,8-10H2,1-3H3,(H,17,20)/t13-,15+/m1/s1. The summed E-state index contributed by atoms with van der Waals surface area (Å²) in [7, 11) is 3.22. The van der Waals surface area contributed by atoms with Gasteiger partial charge in [-0.15, -0.1) is 0 Å². The second kappa shape index (κ2) is 6.72. The van der Waals surface area contributed by atoms with Crippen LogP contribution >= 0.6 is 0 Å². The molecule has 114 valence electrons. The van der Waals surface area contributed by atoms with Crippen molar-refractivity contribution in [1.29, 1.82) is 0 Å². The zero-order valence-corrected chi connectivity index (χ0v) is 12.8. The van der Waals surface area contributed by atoms with Crippen molar-refractivity contribution in [2.45, 2.75) is 19.4 Å². The number of nitrogens with one attached hydrogen (secondary N) is 1. The van der Waals surface area contributed by atoms with Gasteiger partial charge in [0, 0.05) is 27.1 Å². The van der Waals surface area contributed by atoms with Crippen molar-refractivity contribution in [3.8, 4) is 0 Å². The van der Waals surface area contributed by atoms with Crippen molar-refractivity contribution in [1.82, 2.24) is 10.2 Å². The molecular weight excluding hydrogens is 268 g/mol. The lowest BCUT2D eigenvalue weighted by atomic mass is 9.90. The summed E-state index contributed by atoms with van der Waals surface area (Å²) in [5.74, 6) is -0.425. The van der Waals surface area contributed by atoms with Gasteiger partial charge in [-0.3, -0.25) is 9.59 Å². The predicted octanol–water partition coefficient (Wildman–Crippen LogP) is 1.28. The minimum atomic E-state index is -0.347. The molecule has 0 unspecified atom stereocenters. The molecule has 1 aromatic carbocycles. The van der Waals surface area contributed by atoms with Crippen LogP contribution in [-0.4, -0.2) is 44.0 Å². The van der Waals surface area contributed by atoms with Gasteiger partial charge in [-0.1, -0.05) is 24.3 Å². The van der Waals surface area contributed by atoms with Crippen LogP contribution in [0.5, 0.6) is 0 Å². The Balaban J connectivity index is 2.38. The van der Waals surface area contributed by atoms with Gasteiger partial charge < -0.3 is 15.0 Å². The summed E-state index contributed by atoms with van der Waals surface area (Å²) in [6.07, 6.45) is 0.252. The van der Waals surface area contributed by atoms with Crippen LogP contribution in [-0.2, 0) is 14.3 Å². The molecule has 1 aliphatic rings. The number of rotatable bonds is 5. The van der Waals surface area contributed by atoms with Gasteiger partial charge in [0.15, 0.2) is 0 Å². The molecule has 1 saturated heterocycles. The van der Waals surface area contributed by atoms with E-state index in [9.17, 15) is 9.59 Å². The normalized spacial score (nSPS) is 21.7. The van der Waals surface area contributed by atoms with E-state index in [0.29, 0.717) is 13.2 Å². The zero-order chi connectivity index (χ0) is 15.4. The van der Waals surface area contributed by atoms with Crippen molar-refractivity contribution in [3.63, 3.8) is 0 Å². The van der Waals surface area contributed by atoms with Crippen LogP contribution < -0.4 is 5.32 Å². The number of methoxy groups -OCH3 is 1. The van der Waals surface area contributed by atoms with Crippen LogP contribution in [0.4, 0.5) is 0 Å². The molecule has 0 aromatic heterocycles. The fourth-order valence-electron chi connectivity index (χ4n) is 2.97. The van der Waals surface area contributed by atoms with Gasteiger partial charge in [-0.2, -0.15) is 0 Å². The first kappa shape index (κ1) is 15.5. The molecule has 0 bridgehead atoms. The van der Waals surface area contributed by atoms with E-state index in [2.05, 4.69) is 5.32 Å². The van der Waals surface area contributed by atoms with E-state index in [-0.39, 0.29) is 30.2 Å². The van der Waals surface area contributed by atoms with E-state index in [1.165, 1.54) is 0 Å². The highest BCUT2D eigenvalue weighted by Crippen LogP contribution is 2.39. The van der Waals surface area contributed by atoms with E-state index >= 15 is 0 Å². The maximum absolute atomic E-state index is 12.3. The summed E-state index contributed by atoms with van der Waals surface area (Å²) < 4.78 is 5.09. The van der Waals surface area contributed by atoms with Crippen LogP contribution in [0, 0.1) is 12.8 Å².